The molecule has 0 fully saturated rings. The van der Waals surface area contributed by atoms with Crippen LogP contribution in [0.2, 0.25) is 0 Å². The Bertz CT molecular complexity index is 1360. The van der Waals surface area contributed by atoms with Gasteiger partial charge in [0, 0.05) is 28.5 Å². The van der Waals surface area contributed by atoms with Gasteiger partial charge in [-0.3, -0.25) is 9.59 Å². The molecule has 1 aliphatic heterocycles. The number of nitrogens with zero attached hydrogens (tertiary/aromatic N) is 1. The van der Waals surface area contributed by atoms with Crippen LogP contribution in [0.1, 0.15) is 50.3 Å². The molecule has 1 aliphatic carbocycles. The van der Waals surface area contributed by atoms with Crippen molar-refractivity contribution in [1.82, 2.24) is 5.32 Å². The minimum Gasteiger partial charge on any atom is -0.457 e. The van der Waals surface area contributed by atoms with E-state index in [0.717, 1.165) is 52.7 Å². The van der Waals surface area contributed by atoms with Gasteiger partial charge in [-0.15, -0.1) is 0 Å². The lowest BCUT2D eigenvalue weighted by molar-refractivity contribution is -0.121. The lowest BCUT2D eigenvalue weighted by Gasteiger charge is -2.12. The van der Waals surface area contributed by atoms with Crippen LogP contribution >= 0.6 is 0 Å². The zero-order valence-electron chi connectivity index (χ0n) is 19.8. The van der Waals surface area contributed by atoms with Crippen LogP contribution in [0.4, 0.5) is 0 Å². The summed E-state index contributed by atoms with van der Waals surface area (Å²) in [6, 6.07) is 18.0. The number of amides is 2. The van der Waals surface area contributed by atoms with E-state index >= 15 is 0 Å². The molecule has 0 saturated heterocycles. The average molecular weight is 453 g/mol. The molecular formula is C29H28N2O3. The molecule has 0 saturated carbocycles. The molecule has 3 aromatic carbocycles. The number of benzene rings is 3. The lowest BCUT2D eigenvalue weighted by Crippen LogP contribution is -2.28. The van der Waals surface area contributed by atoms with Crippen LogP contribution in [-0.2, 0) is 16.0 Å². The molecule has 5 rings (SSSR count). The highest BCUT2D eigenvalue weighted by Crippen LogP contribution is 2.46. The van der Waals surface area contributed by atoms with E-state index in [1.54, 1.807) is 0 Å². The number of hydrogen-bond donors (Lipinski definition) is 1. The standard InChI is InChI=1S/C29H28N2O3/c1-4-5-15-30-28(32)26-25-21-13-14-23(34-19-11-9-18(10-12-19)16-17(2)3)20-7-6-8-22(24(20)21)27(25)31-29(26)33/h6-14,17H,4-5,15-16H2,1-3H3,(H,30,32). The average Bonchev–Trinajstić information content (AvgIpc) is 3.31. The van der Waals surface area contributed by atoms with Gasteiger partial charge in [-0.2, -0.15) is 0 Å². The highest BCUT2D eigenvalue weighted by Gasteiger charge is 2.38. The van der Waals surface area contributed by atoms with Crippen LogP contribution in [0.5, 0.6) is 11.5 Å². The van der Waals surface area contributed by atoms with Gasteiger partial charge < -0.3 is 10.1 Å². The Morgan fingerprint density at radius 2 is 1.82 bits per heavy atom. The van der Waals surface area contributed by atoms with Crippen LogP contribution in [0.15, 0.2) is 65.2 Å². The number of hydrogen-bond acceptors (Lipinski definition) is 3. The molecule has 1 N–H and O–H groups in total. The summed E-state index contributed by atoms with van der Waals surface area (Å²) in [5, 5.41) is 4.78. The summed E-state index contributed by atoms with van der Waals surface area (Å²) in [5.41, 5.74) is 4.37. The summed E-state index contributed by atoms with van der Waals surface area (Å²) in [7, 11) is 0. The molecule has 0 bridgehead atoms. The van der Waals surface area contributed by atoms with Gasteiger partial charge in [0.2, 0.25) is 0 Å². The van der Waals surface area contributed by atoms with Crippen LogP contribution in [0, 0.1) is 5.92 Å². The molecule has 0 unspecified atom stereocenters. The molecule has 1 heterocycles. The van der Waals surface area contributed by atoms with Crippen molar-refractivity contribution in [1.29, 1.82) is 0 Å². The monoisotopic (exact) mass is 452 g/mol. The van der Waals surface area contributed by atoms with Crippen molar-refractivity contribution in [2.24, 2.45) is 10.9 Å². The predicted octanol–water partition coefficient (Wildman–Crippen LogP) is 5.84. The zero-order valence-corrected chi connectivity index (χ0v) is 19.8. The number of nitrogens with one attached hydrogen (secondary N) is 1. The fourth-order valence-electron chi connectivity index (χ4n) is 4.74. The van der Waals surface area contributed by atoms with E-state index in [4.69, 9.17) is 4.74 Å². The quantitative estimate of drug-likeness (QED) is 0.345. The van der Waals surface area contributed by atoms with E-state index in [0.29, 0.717) is 23.7 Å². The molecule has 2 aliphatic rings. The Labute approximate surface area is 199 Å². The lowest BCUT2D eigenvalue weighted by atomic mass is 10.00. The van der Waals surface area contributed by atoms with Gasteiger partial charge in [0.1, 0.15) is 17.1 Å². The van der Waals surface area contributed by atoms with Gasteiger partial charge in [-0.1, -0.05) is 57.5 Å². The van der Waals surface area contributed by atoms with Gasteiger partial charge in [-0.05, 0) is 54.2 Å². The maximum Gasteiger partial charge on any atom is 0.283 e. The second-order valence-electron chi connectivity index (χ2n) is 9.31. The van der Waals surface area contributed by atoms with Crippen molar-refractivity contribution in [3.05, 3.63) is 76.9 Å². The molecule has 5 nitrogen and oxygen atoms in total. The number of fused-ring (bicyclic) bond motifs is 3. The van der Waals surface area contributed by atoms with Gasteiger partial charge in [0.15, 0.2) is 0 Å². The van der Waals surface area contributed by atoms with E-state index in [-0.39, 0.29) is 11.5 Å². The number of rotatable bonds is 8. The summed E-state index contributed by atoms with van der Waals surface area (Å²) < 4.78 is 6.27. The van der Waals surface area contributed by atoms with E-state index in [9.17, 15) is 9.59 Å². The number of ether oxygens (including phenoxy) is 1. The third-order valence-electron chi connectivity index (χ3n) is 6.28. The Balaban J connectivity index is 1.52. The molecular weight excluding hydrogens is 424 g/mol. The minimum absolute atomic E-state index is 0.137. The molecule has 0 spiro atoms. The SMILES string of the molecule is CCCCNC(=O)C1=C2C(=NC1=O)c1cccc3c(Oc4ccc(CC(C)C)cc4)ccc2c13. The van der Waals surface area contributed by atoms with Crippen molar-refractivity contribution < 1.29 is 14.3 Å². The maximum atomic E-state index is 12.9. The molecule has 3 aromatic rings. The molecule has 172 valence electrons. The van der Waals surface area contributed by atoms with E-state index in [1.807, 2.05) is 42.5 Å². The topological polar surface area (TPSA) is 67.8 Å². The first kappa shape index (κ1) is 22.1. The molecule has 0 radical (unpaired) electrons. The number of allylic oxidation sites excluding steroid dienone is 1. The smallest absolute Gasteiger partial charge is 0.283 e. The highest BCUT2D eigenvalue weighted by atomic mass is 16.5. The summed E-state index contributed by atoms with van der Waals surface area (Å²) in [5.74, 6) is 1.29. The van der Waals surface area contributed by atoms with Crippen LogP contribution in [0.3, 0.4) is 0 Å². The predicted molar refractivity (Wildman–Crippen MR) is 135 cm³/mol. The van der Waals surface area contributed by atoms with Crippen LogP contribution < -0.4 is 10.1 Å². The Morgan fingerprint density at radius 1 is 1.03 bits per heavy atom. The van der Waals surface area contributed by atoms with Crippen molar-refractivity contribution in [2.45, 2.75) is 40.0 Å². The fraction of sp³-hybridized carbons (Fsp3) is 0.276. The third-order valence-corrected chi connectivity index (χ3v) is 6.28. The van der Waals surface area contributed by atoms with E-state index in [1.165, 1.54) is 5.56 Å². The van der Waals surface area contributed by atoms with Crippen LogP contribution in [0.25, 0.3) is 16.3 Å². The third kappa shape index (κ3) is 3.81. The molecule has 34 heavy (non-hydrogen) atoms. The molecule has 5 heteroatoms. The number of carbonyl (C=O) groups is 2. The summed E-state index contributed by atoms with van der Waals surface area (Å²) >= 11 is 0. The second kappa shape index (κ2) is 8.90. The van der Waals surface area contributed by atoms with E-state index < -0.39 is 5.91 Å². The fourth-order valence-corrected chi connectivity index (χ4v) is 4.74. The van der Waals surface area contributed by atoms with Crippen molar-refractivity contribution in [3.63, 3.8) is 0 Å². The minimum atomic E-state index is -0.469. The number of aliphatic imine (C=N–C) groups is 1. The highest BCUT2D eigenvalue weighted by molar-refractivity contribution is 6.53. The van der Waals surface area contributed by atoms with Crippen LogP contribution in [-0.4, -0.2) is 24.1 Å². The summed E-state index contributed by atoms with van der Waals surface area (Å²) in [4.78, 5) is 29.8. The first-order valence-corrected chi connectivity index (χ1v) is 12.0. The maximum absolute atomic E-state index is 12.9. The summed E-state index contributed by atoms with van der Waals surface area (Å²) in [6.07, 6.45) is 2.87. The zero-order chi connectivity index (χ0) is 23.8. The molecule has 0 aromatic heterocycles. The largest absolute Gasteiger partial charge is 0.457 e. The van der Waals surface area contributed by atoms with Crippen molar-refractivity contribution in [3.8, 4) is 11.5 Å². The number of unbranched alkanes of at least 4 members (excludes halogenated alkanes) is 1. The summed E-state index contributed by atoms with van der Waals surface area (Å²) in [6.45, 7) is 7.02. The first-order chi connectivity index (χ1) is 16.5. The normalized spacial score (nSPS) is 14.1. The Morgan fingerprint density at radius 3 is 2.56 bits per heavy atom. The first-order valence-electron chi connectivity index (χ1n) is 12.0. The number of carbonyl (C=O) groups excluding carboxylic acids is 2. The van der Waals surface area contributed by atoms with Gasteiger partial charge in [0.25, 0.3) is 11.8 Å². The van der Waals surface area contributed by atoms with Gasteiger partial charge in [-0.25, -0.2) is 4.99 Å². The van der Waals surface area contributed by atoms with E-state index in [2.05, 4.69) is 43.2 Å². The van der Waals surface area contributed by atoms with Crippen molar-refractivity contribution >= 4 is 33.9 Å². The van der Waals surface area contributed by atoms with Gasteiger partial charge >= 0.3 is 0 Å². The molecule has 2 amide bonds. The molecule has 0 atom stereocenters. The Hall–Kier alpha value is -3.73. The van der Waals surface area contributed by atoms with Gasteiger partial charge in [0.05, 0.1) is 5.71 Å². The second-order valence-corrected chi connectivity index (χ2v) is 9.31. The Kier molecular flexibility index (Phi) is 5.78. The van der Waals surface area contributed by atoms with Crippen molar-refractivity contribution in [2.75, 3.05) is 6.54 Å².